The van der Waals surface area contributed by atoms with Crippen molar-refractivity contribution < 1.29 is 4.79 Å². The van der Waals surface area contributed by atoms with Gasteiger partial charge in [0.1, 0.15) is 0 Å². The third-order valence-electron chi connectivity index (χ3n) is 4.99. The minimum absolute atomic E-state index is 0.382. The summed E-state index contributed by atoms with van der Waals surface area (Å²) in [7, 11) is 0. The maximum absolute atomic E-state index is 12.1. The second kappa shape index (κ2) is 5.57. The molecule has 4 heteroatoms. The van der Waals surface area contributed by atoms with Crippen LogP contribution < -0.4 is 5.32 Å². The van der Waals surface area contributed by atoms with Gasteiger partial charge in [-0.1, -0.05) is 0 Å². The zero-order chi connectivity index (χ0) is 12.4. The Bertz CT molecular complexity index is 293. The molecule has 0 saturated carbocycles. The molecule has 1 atom stereocenters. The highest BCUT2D eigenvalue weighted by atomic mass is 16.2. The maximum atomic E-state index is 12.1. The van der Waals surface area contributed by atoms with E-state index in [2.05, 4.69) is 10.2 Å². The highest BCUT2D eigenvalue weighted by molar-refractivity contribution is 5.76. The Morgan fingerprint density at radius 1 is 1.11 bits per heavy atom. The first-order chi connectivity index (χ1) is 8.83. The Morgan fingerprint density at radius 2 is 1.83 bits per heavy atom. The smallest absolute Gasteiger partial charge is 0.222 e. The molecule has 0 radical (unpaired) electrons. The van der Waals surface area contributed by atoms with E-state index in [9.17, 15) is 4.79 Å². The van der Waals surface area contributed by atoms with Gasteiger partial charge in [0.25, 0.3) is 0 Å². The lowest BCUT2D eigenvalue weighted by Gasteiger charge is -2.45. The number of hydrogen-bond acceptors (Lipinski definition) is 3. The number of nitrogens with zero attached hydrogens (tertiary/aromatic N) is 2. The van der Waals surface area contributed by atoms with Crippen LogP contribution in [0.1, 0.15) is 25.7 Å². The van der Waals surface area contributed by atoms with Crippen molar-refractivity contribution in [1.29, 1.82) is 0 Å². The highest BCUT2D eigenvalue weighted by Crippen LogP contribution is 2.34. The van der Waals surface area contributed by atoms with Gasteiger partial charge in [-0.05, 0) is 44.2 Å². The number of piperidine rings is 3. The van der Waals surface area contributed by atoms with E-state index in [1.807, 2.05) is 4.90 Å². The van der Waals surface area contributed by atoms with Crippen LogP contribution in [-0.2, 0) is 4.79 Å². The van der Waals surface area contributed by atoms with Crippen LogP contribution in [0.4, 0.5) is 0 Å². The van der Waals surface area contributed by atoms with Gasteiger partial charge in [-0.15, -0.1) is 0 Å². The van der Waals surface area contributed by atoms with Gasteiger partial charge in [0.15, 0.2) is 0 Å². The SMILES string of the molecule is O=C(CCC1CN2CCC1CC2)N1CCNCC1. The van der Waals surface area contributed by atoms with Crippen LogP contribution in [0.5, 0.6) is 0 Å². The zero-order valence-electron chi connectivity index (χ0n) is 11.2. The summed E-state index contributed by atoms with van der Waals surface area (Å²) in [6.07, 6.45) is 4.62. The normalized spacial score (nSPS) is 35.8. The van der Waals surface area contributed by atoms with E-state index in [0.29, 0.717) is 5.91 Å². The van der Waals surface area contributed by atoms with Gasteiger partial charge in [0.2, 0.25) is 5.91 Å². The molecule has 4 heterocycles. The van der Waals surface area contributed by atoms with Gasteiger partial charge in [0.05, 0.1) is 0 Å². The number of piperazine rings is 1. The molecule has 1 N–H and O–H groups in total. The molecule has 0 spiro atoms. The lowest BCUT2D eigenvalue weighted by atomic mass is 9.77. The van der Waals surface area contributed by atoms with Crippen LogP contribution in [0.25, 0.3) is 0 Å². The predicted molar refractivity (Wildman–Crippen MR) is 71.3 cm³/mol. The quantitative estimate of drug-likeness (QED) is 0.795. The lowest BCUT2D eigenvalue weighted by molar-refractivity contribution is -0.132. The topological polar surface area (TPSA) is 35.6 Å². The van der Waals surface area contributed by atoms with Crippen molar-refractivity contribution in [3.63, 3.8) is 0 Å². The molecule has 0 aromatic rings. The van der Waals surface area contributed by atoms with E-state index >= 15 is 0 Å². The van der Waals surface area contributed by atoms with Gasteiger partial charge in [-0.25, -0.2) is 0 Å². The van der Waals surface area contributed by atoms with E-state index < -0.39 is 0 Å². The highest BCUT2D eigenvalue weighted by Gasteiger charge is 2.34. The van der Waals surface area contributed by atoms with Crippen molar-refractivity contribution >= 4 is 5.91 Å². The summed E-state index contributed by atoms with van der Waals surface area (Å²) in [5.74, 6) is 2.08. The average Bonchev–Trinajstić information content (AvgIpc) is 2.47. The number of carbonyl (C=O) groups excluding carboxylic acids is 1. The summed E-state index contributed by atoms with van der Waals surface area (Å²) >= 11 is 0. The third kappa shape index (κ3) is 2.69. The van der Waals surface area contributed by atoms with Crippen LogP contribution in [0.15, 0.2) is 0 Å². The molecule has 1 amide bonds. The number of fused-ring (bicyclic) bond motifs is 3. The Kier molecular flexibility index (Phi) is 3.85. The molecule has 4 rings (SSSR count). The zero-order valence-corrected chi connectivity index (χ0v) is 11.2. The summed E-state index contributed by atoms with van der Waals surface area (Å²) in [5, 5.41) is 3.30. The second-order valence-electron chi connectivity index (χ2n) is 6.07. The van der Waals surface area contributed by atoms with E-state index in [1.165, 1.54) is 32.5 Å². The number of amides is 1. The first-order valence-corrected chi connectivity index (χ1v) is 7.54. The Balaban J connectivity index is 1.44. The predicted octanol–water partition coefficient (Wildman–Crippen LogP) is 0.540. The van der Waals surface area contributed by atoms with E-state index in [1.54, 1.807) is 0 Å². The molecule has 1 unspecified atom stereocenters. The summed E-state index contributed by atoms with van der Waals surface area (Å²) in [5.41, 5.74) is 0. The first-order valence-electron chi connectivity index (χ1n) is 7.54. The van der Waals surface area contributed by atoms with Crippen LogP contribution >= 0.6 is 0 Å². The molecule has 4 aliphatic heterocycles. The van der Waals surface area contributed by atoms with E-state index in [-0.39, 0.29) is 0 Å². The summed E-state index contributed by atoms with van der Waals surface area (Å²) in [6, 6.07) is 0. The summed E-state index contributed by atoms with van der Waals surface area (Å²) in [6.45, 7) is 7.58. The molecular formula is C14H25N3O. The minimum Gasteiger partial charge on any atom is -0.340 e. The van der Waals surface area contributed by atoms with Crippen molar-refractivity contribution in [3.8, 4) is 0 Å². The van der Waals surface area contributed by atoms with Crippen molar-refractivity contribution in [1.82, 2.24) is 15.1 Å². The Labute approximate surface area is 110 Å². The standard InChI is InChI=1S/C14H25N3O/c18-14(17-9-5-15-6-10-17)2-1-13-11-16-7-3-12(13)4-8-16/h12-13,15H,1-11H2. The number of nitrogens with one attached hydrogen (secondary N) is 1. The van der Waals surface area contributed by atoms with Gasteiger partial charge in [-0.2, -0.15) is 0 Å². The molecule has 4 aliphatic rings. The molecular weight excluding hydrogens is 226 g/mol. The van der Waals surface area contributed by atoms with Gasteiger partial charge in [-0.3, -0.25) is 4.79 Å². The fourth-order valence-corrected chi connectivity index (χ4v) is 3.80. The average molecular weight is 251 g/mol. The van der Waals surface area contributed by atoms with Crippen molar-refractivity contribution in [3.05, 3.63) is 0 Å². The van der Waals surface area contributed by atoms with Crippen LogP contribution in [-0.4, -0.2) is 61.5 Å². The largest absolute Gasteiger partial charge is 0.340 e. The third-order valence-corrected chi connectivity index (χ3v) is 4.99. The van der Waals surface area contributed by atoms with Gasteiger partial charge < -0.3 is 15.1 Å². The first kappa shape index (κ1) is 12.4. The van der Waals surface area contributed by atoms with E-state index in [4.69, 9.17) is 0 Å². The monoisotopic (exact) mass is 251 g/mol. The van der Waals surface area contributed by atoms with Crippen LogP contribution in [0.3, 0.4) is 0 Å². The second-order valence-corrected chi connectivity index (χ2v) is 6.07. The Morgan fingerprint density at radius 3 is 2.44 bits per heavy atom. The summed E-state index contributed by atoms with van der Waals surface area (Å²) in [4.78, 5) is 16.8. The number of carbonyl (C=O) groups is 1. The van der Waals surface area contributed by atoms with Gasteiger partial charge in [0, 0.05) is 39.1 Å². The molecule has 4 saturated heterocycles. The van der Waals surface area contributed by atoms with Gasteiger partial charge >= 0.3 is 0 Å². The summed E-state index contributed by atoms with van der Waals surface area (Å²) < 4.78 is 0. The molecule has 102 valence electrons. The molecule has 4 nitrogen and oxygen atoms in total. The van der Waals surface area contributed by atoms with E-state index in [0.717, 1.165) is 50.9 Å². The number of hydrogen-bond donors (Lipinski definition) is 1. The molecule has 0 aromatic carbocycles. The molecule has 18 heavy (non-hydrogen) atoms. The maximum Gasteiger partial charge on any atom is 0.222 e. The fraction of sp³-hybridized carbons (Fsp3) is 0.929. The molecule has 2 bridgehead atoms. The fourth-order valence-electron chi connectivity index (χ4n) is 3.80. The van der Waals surface area contributed by atoms with Crippen LogP contribution in [0, 0.1) is 11.8 Å². The van der Waals surface area contributed by atoms with Crippen molar-refractivity contribution in [2.45, 2.75) is 25.7 Å². The number of rotatable bonds is 3. The van der Waals surface area contributed by atoms with Crippen LogP contribution in [0.2, 0.25) is 0 Å². The van der Waals surface area contributed by atoms with Crippen molar-refractivity contribution in [2.24, 2.45) is 11.8 Å². The molecule has 4 fully saturated rings. The molecule has 0 aromatic heterocycles. The minimum atomic E-state index is 0.382. The Hall–Kier alpha value is -0.610. The molecule has 0 aliphatic carbocycles. The van der Waals surface area contributed by atoms with Crippen molar-refractivity contribution in [2.75, 3.05) is 45.8 Å². The lowest BCUT2D eigenvalue weighted by Crippen LogP contribution is -2.48.